The average Bonchev–Trinajstić information content (AvgIpc) is 2.85. The van der Waals surface area contributed by atoms with Crippen LogP contribution in [0.5, 0.6) is 0 Å². The first-order valence-corrected chi connectivity index (χ1v) is 8.12. The van der Waals surface area contributed by atoms with Crippen LogP contribution < -0.4 is 10.9 Å². The van der Waals surface area contributed by atoms with E-state index in [9.17, 15) is 22.8 Å². The maximum Gasteiger partial charge on any atom is 0.430 e. The molecule has 10 heteroatoms. The molecular weight excluding hydrogens is 373 g/mol. The standard InChI is InChI=1S/C16H14ClF3N4O2/c1-15(16(18,19)20)23-13(25)12-11(17)7-9(14(26)24(12)15)3-2-4-10-5-6-21-8-22-10/h5-8H,2-4H2,1H3,(H,23,25). The van der Waals surface area contributed by atoms with Gasteiger partial charge in [0.1, 0.15) is 12.0 Å². The fourth-order valence-corrected chi connectivity index (χ4v) is 3.21. The van der Waals surface area contributed by atoms with Gasteiger partial charge < -0.3 is 5.32 Å². The van der Waals surface area contributed by atoms with E-state index in [4.69, 9.17) is 11.6 Å². The maximum absolute atomic E-state index is 13.5. The number of aryl methyl sites for hydroxylation is 2. The van der Waals surface area contributed by atoms with E-state index in [-0.39, 0.29) is 17.0 Å². The van der Waals surface area contributed by atoms with E-state index in [1.807, 2.05) is 5.32 Å². The normalized spacial score (nSPS) is 19.3. The molecule has 2 aromatic heterocycles. The van der Waals surface area contributed by atoms with Gasteiger partial charge in [-0.25, -0.2) is 9.97 Å². The summed E-state index contributed by atoms with van der Waals surface area (Å²) in [6, 6.07) is 2.98. The topological polar surface area (TPSA) is 76.9 Å². The lowest BCUT2D eigenvalue weighted by molar-refractivity contribution is -0.213. The van der Waals surface area contributed by atoms with Crippen LogP contribution in [0.15, 0.2) is 29.5 Å². The van der Waals surface area contributed by atoms with Crippen molar-refractivity contribution in [3.63, 3.8) is 0 Å². The van der Waals surface area contributed by atoms with Gasteiger partial charge in [-0.05, 0) is 38.3 Å². The molecule has 2 aromatic rings. The molecule has 1 atom stereocenters. The van der Waals surface area contributed by atoms with E-state index in [1.165, 1.54) is 12.4 Å². The third-order valence-electron chi connectivity index (χ3n) is 4.32. The van der Waals surface area contributed by atoms with E-state index < -0.39 is 29.0 Å². The highest BCUT2D eigenvalue weighted by Gasteiger charge is 2.59. The Kier molecular flexibility index (Phi) is 4.51. The van der Waals surface area contributed by atoms with Crippen molar-refractivity contribution in [2.45, 2.75) is 38.0 Å². The van der Waals surface area contributed by atoms with E-state index in [0.717, 1.165) is 12.6 Å². The molecule has 0 fully saturated rings. The van der Waals surface area contributed by atoms with Crippen molar-refractivity contribution in [1.29, 1.82) is 0 Å². The Hall–Kier alpha value is -2.42. The Labute approximate surface area is 151 Å². The second-order valence-corrected chi connectivity index (χ2v) is 6.49. The lowest BCUT2D eigenvalue weighted by Crippen LogP contribution is -2.55. The number of amides is 1. The molecule has 1 aliphatic heterocycles. The number of fused-ring (bicyclic) bond motifs is 1. The van der Waals surface area contributed by atoms with Gasteiger partial charge in [-0.2, -0.15) is 13.2 Å². The van der Waals surface area contributed by atoms with E-state index in [0.29, 0.717) is 17.4 Å². The Morgan fingerprint density at radius 3 is 2.65 bits per heavy atom. The minimum absolute atomic E-state index is 0.111. The molecule has 3 rings (SSSR count). The zero-order valence-corrected chi connectivity index (χ0v) is 14.4. The van der Waals surface area contributed by atoms with Crippen molar-refractivity contribution in [1.82, 2.24) is 19.9 Å². The molecule has 1 N–H and O–H groups in total. The molecule has 0 bridgehead atoms. The van der Waals surface area contributed by atoms with Crippen LogP contribution in [0, 0.1) is 0 Å². The summed E-state index contributed by atoms with van der Waals surface area (Å²) < 4.78 is 40.9. The number of alkyl halides is 3. The van der Waals surface area contributed by atoms with Crippen molar-refractivity contribution < 1.29 is 18.0 Å². The van der Waals surface area contributed by atoms with Crippen molar-refractivity contribution in [3.05, 3.63) is 57.0 Å². The zero-order chi connectivity index (χ0) is 19.1. The van der Waals surface area contributed by atoms with Gasteiger partial charge in [0.15, 0.2) is 0 Å². The Bertz CT molecular complexity index is 914. The average molecular weight is 387 g/mol. The molecule has 0 saturated heterocycles. The van der Waals surface area contributed by atoms with Gasteiger partial charge in [0.25, 0.3) is 11.5 Å². The smallest absolute Gasteiger partial charge is 0.320 e. The van der Waals surface area contributed by atoms with Crippen LogP contribution in [-0.2, 0) is 18.5 Å². The Balaban J connectivity index is 1.95. The highest BCUT2D eigenvalue weighted by atomic mass is 35.5. The third-order valence-corrected chi connectivity index (χ3v) is 4.61. The van der Waals surface area contributed by atoms with Gasteiger partial charge in [-0.3, -0.25) is 14.2 Å². The summed E-state index contributed by atoms with van der Waals surface area (Å²) in [7, 11) is 0. The van der Waals surface area contributed by atoms with Crippen molar-refractivity contribution >= 4 is 17.5 Å². The number of nitrogens with one attached hydrogen (secondary N) is 1. The van der Waals surface area contributed by atoms with Crippen LogP contribution in [0.4, 0.5) is 13.2 Å². The van der Waals surface area contributed by atoms with Gasteiger partial charge in [0.2, 0.25) is 5.66 Å². The quantitative estimate of drug-likeness (QED) is 0.875. The second kappa shape index (κ2) is 6.39. The predicted molar refractivity (Wildman–Crippen MR) is 86.9 cm³/mol. The van der Waals surface area contributed by atoms with Gasteiger partial charge in [-0.15, -0.1) is 0 Å². The van der Waals surface area contributed by atoms with Crippen molar-refractivity contribution in [3.8, 4) is 0 Å². The number of aromatic nitrogens is 3. The fourth-order valence-electron chi connectivity index (χ4n) is 2.91. The SMILES string of the molecule is CC1(C(F)(F)F)NC(=O)c2c(Cl)cc(CCCc3ccncn3)c(=O)n21. The molecule has 0 saturated carbocycles. The molecule has 26 heavy (non-hydrogen) atoms. The van der Waals surface area contributed by atoms with E-state index >= 15 is 0 Å². The lowest BCUT2D eigenvalue weighted by Gasteiger charge is -2.29. The molecule has 1 unspecified atom stereocenters. The van der Waals surface area contributed by atoms with E-state index in [2.05, 4.69) is 9.97 Å². The zero-order valence-electron chi connectivity index (χ0n) is 13.6. The van der Waals surface area contributed by atoms with Crippen molar-refractivity contribution in [2.75, 3.05) is 0 Å². The van der Waals surface area contributed by atoms with E-state index in [1.54, 1.807) is 12.3 Å². The predicted octanol–water partition coefficient (Wildman–Crippen LogP) is 2.45. The minimum Gasteiger partial charge on any atom is -0.320 e. The molecule has 1 aliphatic rings. The first kappa shape index (κ1) is 18.4. The summed E-state index contributed by atoms with van der Waals surface area (Å²) >= 11 is 6.01. The summed E-state index contributed by atoms with van der Waals surface area (Å²) in [4.78, 5) is 32.4. The summed E-state index contributed by atoms with van der Waals surface area (Å²) in [6.07, 6.45) is -0.690. The Morgan fingerprint density at radius 1 is 1.31 bits per heavy atom. The maximum atomic E-state index is 13.5. The number of carbonyl (C=O) groups is 1. The molecule has 1 amide bonds. The van der Waals surface area contributed by atoms with Gasteiger partial charge in [-0.1, -0.05) is 11.6 Å². The largest absolute Gasteiger partial charge is 0.430 e. The summed E-state index contributed by atoms with van der Waals surface area (Å²) in [5.41, 5.74) is -3.33. The molecule has 0 radical (unpaired) electrons. The number of hydrogen-bond acceptors (Lipinski definition) is 4. The first-order chi connectivity index (χ1) is 12.1. The van der Waals surface area contributed by atoms with Crippen molar-refractivity contribution in [2.24, 2.45) is 0 Å². The molecule has 0 spiro atoms. The molecule has 0 aromatic carbocycles. The number of hydrogen-bond donors (Lipinski definition) is 1. The molecule has 3 heterocycles. The van der Waals surface area contributed by atoms with Crippen LogP contribution in [0.1, 0.15) is 35.1 Å². The highest BCUT2D eigenvalue weighted by Crippen LogP contribution is 2.39. The first-order valence-electron chi connectivity index (χ1n) is 7.74. The molecule has 0 aliphatic carbocycles. The van der Waals surface area contributed by atoms with Crippen LogP contribution in [0.2, 0.25) is 5.02 Å². The highest BCUT2D eigenvalue weighted by molar-refractivity contribution is 6.33. The summed E-state index contributed by atoms with van der Waals surface area (Å²) in [5, 5.41) is 1.64. The van der Waals surface area contributed by atoms with Crippen LogP contribution >= 0.6 is 11.6 Å². The Morgan fingerprint density at radius 2 is 2.04 bits per heavy atom. The van der Waals surface area contributed by atoms with Crippen LogP contribution in [0.25, 0.3) is 0 Å². The van der Waals surface area contributed by atoms with Crippen LogP contribution in [-0.4, -0.2) is 26.6 Å². The van der Waals surface area contributed by atoms with Crippen LogP contribution in [0.3, 0.4) is 0 Å². The minimum atomic E-state index is -4.86. The lowest BCUT2D eigenvalue weighted by atomic mass is 10.1. The summed E-state index contributed by atoms with van der Waals surface area (Å²) in [6.45, 7) is 0.740. The number of rotatable bonds is 4. The number of carbonyl (C=O) groups excluding carboxylic acids is 1. The van der Waals surface area contributed by atoms with Gasteiger partial charge in [0, 0.05) is 17.5 Å². The molecular formula is C16H14ClF3N4O2. The molecule has 138 valence electrons. The van der Waals surface area contributed by atoms with Gasteiger partial charge in [0.05, 0.1) is 5.02 Å². The third kappa shape index (κ3) is 2.96. The summed E-state index contributed by atoms with van der Waals surface area (Å²) in [5.74, 6) is -1.03. The van der Waals surface area contributed by atoms with Gasteiger partial charge >= 0.3 is 6.18 Å². The fraction of sp³-hybridized carbons (Fsp3) is 0.375. The monoisotopic (exact) mass is 386 g/mol. The molecule has 6 nitrogen and oxygen atoms in total. The number of pyridine rings is 1. The second-order valence-electron chi connectivity index (χ2n) is 6.09. The number of halogens is 4. The number of nitrogens with zero attached hydrogens (tertiary/aromatic N) is 3.